The van der Waals surface area contributed by atoms with Crippen LogP contribution < -0.4 is 10.6 Å². The first-order valence-corrected chi connectivity index (χ1v) is 8.05. The minimum absolute atomic E-state index is 0. The Balaban J connectivity index is 0.00000324. The molecule has 0 radical (unpaired) electrons. The fourth-order valence-corrected chi connectivity index (χ4v) is 3.11. The van der Waals surface area contributed by atoms with Crippen LogP contribution in [0.3, 0.4) is 0 Å². The number of hydrogen-bond donors (Lipinski definition) is 2. The smallest absolute Gasteiger partial charge is 0.191 e. The fraction of sp³-hybridized carbons (Fsp3) is 0.923. The van der Waals surface area contributed by atoms with Crippen LogP contribution in [0.1, 0.15) is 26.2 Å². The third-order valence-electron chi connectivity index (χ3n) is 2.90. The molecule has 4 nitrogen and oxygen atoms in total. The van der Waals surface area contributed by atoms with Gasteiger partial charge in [-0.15, -0.1) is 24.0 Å². The van der Waals surface area contributed by atoms with Crippen LogP contribution in [0.2, 0.25) is 0 Å². The summed E-state index contributed by atoms with van der Waals surface area (Å²) in [5.74, 6) is 2.29. The van der Waals surface area contributed by atoms with Gasteiger partial charge in [-0.2, -0.15) is 11.8 Å². The van der Waals surface area contributed by atoms with E-state index in [1.165, 1.54) is 18.6 Å². The van der Waals surface area contributed by atoms with Gasteiger partial charge < -0.3 is 15.5 Å². The van der Waals surface area contributed by atoms with E-state index < -0.39 is 0 Å². The minimum atomic E-state index is 0. The van der Waals surface area contributed by atoms with Crippen LogP contribution in [0, 0.1) is 0 Å². The van der Waals surface area contributed by atoms with Gasteiger partial charge in [0.05, 0.1) is 6.54 Å². The van der Waals surface area contributed by atoms with Gasteiger partial charge in [0.1, 0.15) is 0 Å². The molecule has 1 saturated heterocycles. The van der Waals surface area contributed by atoms with E-state index in [-0.39, 0.29) is 24.0 Å². The maximum atomic E-state index is 4.67. The van der Waals surface area contributed by atoms with Gasteiger partial charge in [0.2, 0.25) is 0 Å². The summed E-state index contributed by atoms with van der Waals surface area (Å²) in [6.07, 6.45) is 3.83. The second-order valence-corrected chi connectivity index (χ2v) is 6.35. The van der Waals surface area contributed by atoms with E-state index in [4.69, 9.17) is 0 Å². The Bertz CT molecular complexity index is 243. The van der Waals surface area contributed by atoms with E-state index in [1.54, 1.807) is 0 Å². The molecule has 1 rings (SSSR count). The molecule has 0 amide bonds. The number of thioether (sulfide) groups is 1. The Hall–Kier alpha value is 0.310. The van der Waals surface area contributed by atoms with Crippen molar-refractivity contribution in [2.45, 2.75) is 31.4 Å². The Labute approximate surface area is 139 Å². The number of nitrogens with one attached hydrogen (secondary N) is 2. The lowest BCUT2D eigenvalue weighted by atomic mass is 10.2. The van der Waals surface area contributed by atoms with Crippen molar-refractivity contribution in [2.24, 2.45) is 4.99 Å². The molecule has 0 aromatic heterocycles. The molecule has 0 aromatic rings. The van der Waals surface area contributed by atoms with Crippen molar-refractivity contribution in [1.82, 2.24) is 15.5 Å². The van der Waals surface area contributed by atoms with E-state index in [1.807, 2.05) is 0 Å². The Morgan fingerprint density at radius 3 is 2.74 bits per heavy atom. The van der Waals surface area contributed by atoms with Crippen molar-refractivity contribution in [3.05, 3.63) is 0 Å². The second-order valence-electron chi connectivity index (χ2n) is 4.94. The van der Waals surface area contributed by atoms with E-state index >= 15 is 0 Å². The molecular weight excluding hydrogens is 371 g/mol. The van der Waals surface area contributed by atoms with Crippen molar-refractivity contribution in [2.75, 3.05) is 46.0 Å². The summed E-state index contributed by atoms with van der Waals surface area (Å²) in [5.41, 5.74) is 0. The molecule has 1 fully saturated rings. The summed E-state index contributed by atoms with van der Waals surface area (Å²) in [4.78, 5) is 6.88. The van der Waals surface area contributed by atoms with Crippen LogP contribution in [0.4, 0.5) is 0 Å². The molecule has 1 aliphatic rings. The van der Waals surface area contributed by atoms with Gasteiger partial charge in [-0.05, 0) is 52.6 Å². The number of guanidine groups is 1. The van der Waals surface area contributed by atoms with Crippen LogP contribution in [-0.2, 0) is 0 Å². The van der Waals surface area contributed by atoms with Crippen molar-refractivity contribution in [3.8, 4) is 0 Å². The zero-order valence-corrected chi connectivity index (χ0v) is 15.6. The highest BCUT2D eigenvalue weighted by molar-refractivity contribution is 14.0. The molecule has 114 valence electrons. The molecule has 1 aliphatic heterocycles. The van der Waals surface area contributed by atoms with Gasteiger partial charge in [0, 0.05) is 18.3 Å². The van der Waals surface area contributed by atoms with E-state index in [0.717, 1.165) is 43.8 Å². The number of aliphatic imine (C=N–C) groups is 1. The van der Waals surface area contributed by atoms with Gasteiger partial charge in [-0.25, -0.2) is 0 Å². The van der Waals surface area contributed by atoms with Crippen molar-refractivity contribution < 1.29 is 0 Å². The number of nitrogens with zero attached hydrogens (tertiary/aromatic N) is 2. The quantitative estimate of drug-likeness (QED) is 0.297. The van der Waals surface area contributed by atoms with Gasteiger partial charge in [-0.3, -0.25) is 4.99 Å². The molecule has 1 unspecified atom stereocenters. The highest BCUT2D eigenvalue weighted by atomic mass is 127. The normalized spacial score (nSPS) is 19.4. The van der Waals surface area contributed by atoms with Gasteiger partial charge in [0.25, 0.3) is 0 Å². The molecule has 0 bridgehead atoms. The first kappa shape index (κ1) is 19.3. The van der Waals surface area contributed by atoms with Crippen LogP contribution in [0.25, 0.3) is 0 Å². The first-order valence-electron chi connectivity index (χ1n) is 7.01. The second kappa shape index (κ2) is 12.1. The lowest BCUT2D eigenvalue weighted by Crippen LogP contribution is -2.38. The summed E-state index contributed by atoms with van der Waals surface area (Å²) < 4.78 is 0. The zero-order chi connectivity index (χ0) is 13.2. The Morgan fingerprint density at radius 2 is 2.16 bits per heavy atom. The van der Waals surface area contributed by atoms with Crippen LogP contribution in [0.5, 0.6) is 0 Å². The Kier molecular flexibility index (Phi) is 12.3. The summed E-state index contributed by atoms with van der Waals surface area (Å²) >= 11 is 2.07. The molecule has 0 aromatic carbocycles. The fourth-order valence-electron chi connectivity index (χ4n) is 1.93. The number of hydrogen-bond acceptors (Lipinski definition) is 3. The van der Waals surface area contributed by atoms with Crippen LogP contribution in [-0.4, -0.2) is 62.1 Å². The maximum Gasteiger partial charge on any atom is 0.191 e. The lowest BCUT2D eigenvalue weighted by molar-refractivity contribution is 0.399. The topological polar surface area (TPSA) is 39.7 Å². The molecule has 0 aliphatic carbocycles. The molecule has 0 spiro atoms. The van der Waals surface area contributed by atoms with Gasteiger partial charge in [-0.1, -0.05) is 0 Å². The molecular formula is C13H29IN4S. The SMILES string of the molecule is CCNC(=NCC1CCCS1)NCCCN(C)C.I. The number of rotatable bonds is 7. The average Bonchev–Trinajstić information content (AvgIpc) is 2.84. The van der Waals surface area contributed by atoms with Gasteiger partial charge in [0.15, 0.2) is 5.96 Å². The van der Waals surface area contributed by atoms with Crippen molar-refractivity contribution in [3.63, 3.8) is 0 Å². The van der Waals surface area contributed by atoms with E-state index in [2.05, 4.69) is 53.3 Å². The van der Waals surface area contributed by atoms with E-state index in [0.29, 0.717) is 0 Å². The summed E-state index contributed by atoms with van der Waals surface area (Å²) in [7, 11) is 4.22. The maximum absolute atomic E-state index is 4.67. The van der Waals surface area contributed by atoms with Crippen LogP contribution >= 0.6 is 35.7 Å². The van der Waals surface area contributed by atoms with Crippen molar-refractivity contribution in [1.29, 1.82) is 0 Å². The third-order valence-corrected chi connectivity index (χ3v) is 4.28. The summed E-state index contributed by atoms with van der Waals surface area (Å²) in [6, 6.07) is 0. The molecule has 2 N–H and O–H groups in total. The Morgan fingerprint density at radius 1 is 1.37 bits per heavy atom. The van der Waals surface area contributed by atoms with Crippen molar-refractivity contribution >= 4 is 41.7 Å². The summed E-state index contributed by atoms with van der Waals surface area (Å²) in [6.45, 7) is 6.10. The third kappa shape index (κ3) is 9.79. The van der Waals surface area contributed by atoms with Crippen LogP contribution in [0.15, 0.2) is 4.99 Å². The highest BCUT2D eigenvalue weighted by Crippen LogP contribution is 2.25. The minimum Gasteiger partial charge on any atom is -0.357 e. The standard InChI is InChI=1S/C13H28N4S.HI/c1-4-14-13(15-8-6-9-17(2)3)16-11-12-7-5-10-18-12;/h12H,4-11H2,1-3H3,(H2,14,15,16);1H. The monoisotopic (exact) mass is 400 g/mol. The average molecular weight is 400 g/mol. The predicted octanol–water partition coefficient (Wildman–Crippen LogP) is 2.01. The molecule has 6 heteroatoms. The largest absolute Gasteiger partial charge is 0.357 e. The number of halogens is 1. The lowest BCUT2D eigenvalue weighted by Gasteiger charge is -2.14. The van der Waals surface area contributed by atoms with E-state index in [9.17, 15) is 0 Å². The molecule has 0 saturated carbocycles. The molecule has 19 heavy (non-hydrogen) atoms. The summed E-state index contributed by atoms with van der Waals surface area (Å²) in [5, 5.41) is 7.45. The molecule has 1 atom stereocenters. The van der Waals surface area contributed by atoms with Gasteiger partial charge >= 0.3 is 0 Å². The highest BCUT2D eigenvalue weighted by Gasteiger charge is 2.14. The zero-order valence-electron chi connectivity index (χ0n) is 12.4. The molecule has 1 heterocycles. The predicted molar refractivity (Wildman–Crippen MR) is 98.0 cm³/mol. The first-order chi connectivity index (χ1) is 8.72.